The van der Waals surface area contributed by atoms with Crippen LogP contribution in [0.4, 0.5) is 11.4 Å². The number of carbonyl (C=O) groups is 1. The molecule has 0 aliphatic carbocycles. The Kier molecular flexibility index (Phi) is 6.33. The van der Waals surface area contributed by atoms with Crippen molar-refractivity contribution in [2.45, 2.75) is 13.8 Å². The quantitative estimate of drug-likeness (QED) is 0.436. The van der Waals surface area contributed by atoms with Gasteiger partial charge in [-0.05, 0) is 43.7 Å². The molecule has 0 aliphatic rings. The van der Waals surface area contributed by atoms with Gasteiger partial charge in [0, 0.05) is 24.7 Å². The highest BCUT2D eigenvalue weighted by molar-refractivity contribution is 5.94. The van der Waals surface area contributed by atoms with Crippen LogP contribution in [0.25, 0.3) is 0 Å². The average molecular weight is 343 g/mol. The number of nitro groups is 1. The zero-order valence-corrected chi connectivity index (χ0v) is 14.2. The first-order chi connectivity index (χ1) is 12.0. The summed E-state index contributed by atoms with van der Waals surface area (Å²) in [4.78, 5) is 22.7. The molecule has 2 aromatic rings. The average Bonchev–Trinajstić information content (AvgIpc) is 2.60. The van der Waals surface area contributed by atoms with Gasteiger partial charge in [-0.3, -0.25) is 14.9 Å². The van der Waals surface area contributed by atoms with Crippen molar-refractivity contribution < 1.29 is 14.5 Å². The van der Waals surface area contributed by atoms with Gasteiger partial charge in [0.05, 0.1) is 11.5 Å². The van der Waals surface area contributed by atoms with Crippen LogP contribution >= 0.6 is 0 Å². The SMILES string of the molecule is CCOc1ccc(C(=O)NCCNc2ccccc2[N+](=O)[O-])cc1C. The summed E-state index contributed by atoms with van der Waals surface area (Å²) >= 11 is 0. The molecule has 0 unspecified atom stereocenters. The van der Waals surface area contributed by atoms with Crippen LogP contribution in [0.5, 0.6) is 5.75 Å². The Morgan fingerprint density at radius 1 is 1.20 bits per heavy atom. The third kappa shape index (κ3) is 4.94. The van der Waals surface area contributed by atoms with Crippen molar-refractivity contribution >= 4 is 17.3 Å². The van der Waals surface area contributed by atoms with Gasteiger partial charge in [0.15, 0.2) is 0 Å². The number of nitrogens with one attached hydrogen (secondary N) is 2. The molecule has 0 fully saturated rings. The molecule has 0 saturated heterocycles. The lowest BCUT2D eigenvalue weighted by Crippen LogP contribution is -2.28. The Morgan fingerprint density at radius 3 is 2.64 bits per heavy atom. The zero-order chi connectivity index (χ0) is 18.2. The smallest absolute Gasteiger partial charge is 0.292 e. The van der Waals surface area contributed by atoms with Crippen molar-refractivity contribution in [1.29, 1.82) is 0 Å². The van der Waals surface area contributed by atoms with E-state index in [1.54, 1.807) is 36.4 Å². The first-order valence-electron chi connectivity index (χ1n) is 8.02. The van der Waals surface area contributed by atoms with Crippen LogP contribution < -0.4 is 15.4 Å². The predicted octanol–water partition coefficient (Wildman–Crippen LogP) is 3.14. The summed E-state index contributed by atoms with van der Waals surface area (Å²) < 4.78 is 5.45. The van der Waals surface area contributed by atoms with Crippen LogP contribution in [-0.4, -0.2) is 30.5 Å². The van der Waals surface area contributed by atoms with Crippen molar-refractivity contribution in [3.63, 3.8) is 0 Å². The molecule has 0 spiro atoms. The van der Waals surface area contributed by atoms with Gasteiger partial charge < -0.3 is 15.4 Å². The second kappa shape index (κ2) is 8.68. The van der Waals surface area contributed by atoms with Gasteiger partial charge >= 0.3 is 0 Å². The number of hydrogen-bond donors (Lipinski definition) is 2. The van der Waals surface area contributed by atoms with E-state index in [0.29, 0.717) is 30.9 Å². The van der Waals surface area contributed by atoms with Gasteiger partial charge in [-0.25, -0.2) is 0 Å². The monoisotopic (exact) mass is 343 g/mol. The number of para-hydroxylation sites is 2. The number of anilines is 1. The number of nitrogens with zero attached hydrogens (tertiary/aromatic N) is 1. The number of aryl methyl sites for hydroxylation is 1. The Balaban J connectivity index is 1.87. The minimum Gasteiger partial charge on any atom is -0.494 e. The number of benzene rings is 2. The number of nitro benzene ring substituents is 1. The lowest BCUT2D eigenvalue weighted by atomic mass is 10.1. The molecule has 0 heterocycles. The fourth-order valence-electron chi connectivity index (χ4n) is 2.37. The molecule has 0 aliphatic heterocycles. The van der Waals surface area contributed by atoms with Crippen LogP contribution in [0.15, 0.2) is 42.5 Å². The molecule has 0 aromatic heterocycles. The molecule has 2 N–H and O–H groups in total. The largest absolute Gasteiger partial charge is 0.494 e. The minimum absolute atomic E-state index is 0.0102. The first kappa shape index (κ1) is 18.3. The summed E-state index contributed by atoms with van der Waals surface area (Å²) in [5, 5.41) is 16.7. The number of hydrogen-bond acceptors (Lipinski definition) is 5. The predicted molar refractivity (Wildman–Crippen MR) is 96.3 cm³/mol. The number of carbonyl (C=O) groups excluding carboxylic acids is 1. The third-order valence-corrected chi connectivity index (χ3v) is 3.56. The summed E-state index contributed by atoms with van der Waals surface area (Å²) in [6.45, 7) is 5.09. The van der Waals surface area contributed by atoms with Crippen LogP contribution in [0.2, 0.25) is 0 Å². The molecular weight excluding hydrogens is 322 g/mol. The van der Waals surface area contributed by atoms with Crippen molar-refractivity contribution in [2.24, 2.45) is 0 Å². The molecular formula is C18H21N3O4. The van der Waals surface area contributed by atoms with Gasteiger partial charge in [-0.1, -0.05) is 12.1 Å². The lowest BCUT2D eigenvalue weighted by molar-refractivity contribution is -0.384. The Hall–Kier alpha value is -3.09. The highest BCUT2D eigenvalue weighted by Gasteiger charge is 2.12. The van der Waals surface area contributed by atoms with E-state index in [2.05, 4.69) is 10.6 Å². The molecule has 7 nitrogen and oxygen atoms in total. The fourth-order valence-corrected chi connectivity index (χ4v) is 2.37. The molecule has 132 valence electrons. The Labute approximate surface area is 146 Å². The molecule has 2 aromatic carbocycles. The van der Waals surface area contributed by atoms with E-state index in [1.807, 2.05) is 13.8 Å². The fraction of sp³-hybridized carbons (Fsp3) is 0.278. The molecule has 25 heavy (non-hydrogen) atoms. The van der Waals surface area contributed by atoms with Crippen LogP contribution in [0.3, 0.4) is 0 Å². The van der Waals surface area contributed by atoms with Crippen LogP contribution in [-0.2, 0) is 0 Å². The van der Waals surface area contributed by atoms with Gasteiger partial charge in [-0.15, -0.1) is 0 Å². The van der Waals surface area contributed by atoms with Gasteiger partial charge in [0.1, 0.15) is 11.4 Å². The molecule has 0 atom stereocenters. The summed E-state index contributed by atoms with van der Waals surface area (Å²) in [6, 6.07) is 11.7. The van der Waals surface area contributed by atoms with E-state index in [9.17, 15) is 14.9 Å². The Morgan fingerprint density at radius 2 is 1.96 bits per heavy atom. The molecule has 7 heteroatoms. The van der Waals surface area contributed by atoms with Crippen molar-refractivity contribution in [3.05, 3.63) is 63.7 Å². The number of rotatable bonds is 8. The standard InChI is InChI=1S/C18H21N3O4/c1-3-25-17-9-8-14(12-13(17)2)18(22)20-11-10-19-15-6-4-5-7-16(15)21(23)24/h4-9,12,19H,3,10-11H2,1-2H3,(H,20,22). The maximum absolute atomic E-state index is 12.2. The van der Waals surface area contributed by atoms with Crippen molar-refractivity contribution in [2.75, 3.05) is 25.0 Å². The van der Waals surface area contributed by atoms with Crippen LogP contribution in [0.1, 0.15) is 22.8 Å². The summed E-state index contributed by atoms with van der Waals surface area (Å²) in [5.74, 6) is 0.563. The topological polar surface area (TPSA) is 93.5 Å². The van der Waals surface area contributed by atoms with Gasteiger partial charge in [-0.2, -0.15) is 0 Å². The van der Waals surface area contributed by atoms with Crippen molar-refractivity contribution in [3.8, 4) is 5.75 Å². The minimum atomic E-state index is -0.441. The molecule has 1 amide bonds. The lowest BCUT2D eigenvalue weighted by Gasteiger charge is -2.10. The zero-order valence-electron chi connectivity index (χ0n) is 14.2. The van der Waals surface area contributed by atoms with E-state index in [1.165, 1.54) is 6.07 Å². The molecule has 2 rings (SSSR count). The highest BCUT2D eigenvalue weighted by Crippen LogP contribution is 2.22. The van der Waals surface area contributed by atoms with E-state index >= 15 is 0 Å². The molecule has 0 bridgehead atoms. The highest BCUT2D eigenvalue weighted by atomic mass is 16.6. The summed E-state index contributed by atoms with van der Waals surface area (Å²) in [6.07, 6.45) is 0. The van der Waals surface area contributed by atoms with Crippen molar-refractivity contribution in [1.82, 2.24) is 5.32 Å². The molecule has 0 radical (unpaired) electrons. The first-order valence-corrected chi connectivity index (χ1v) is 8.02. The van der Waals surface area contributed by atoms with Crippen LogP contribution in [0, 0.1) is 17.0 Å². The van der Waals surface area contributed by atoms with E-state index < -0.39 is 4.92 Å². The van der Waals surface area contributed by atoms with Gasteiger partial charge in [0.25, 0.3) is 11.6 Å². The number of ether oxygens (including phenoxy) is 1. The van der Waals surface area contributed by atoms with E-state index in [-0.39, 0.29) is 11.6 Å². The third-order valence-electron chi connectivity index (χ3n) is 3.56. The van der Waals surface area contributed by atoms with Gasteiger partial charge in [0.2, 0.25) is 0 Å². The molecule has 0 saturated carbocycles. The van der Waals surface area contributed by atoms with E-state index in [4.69, 9.17) is 4.74 Å². The summed E-state index contributed by atoms with van der Waals surface area (Å²) in [7, 11) is 0. The maximum atomic E-state index is 12.2. The number of amides is 1. The Bertz CT molecular complexity index is 762. The van der Waals surface area contributed by atoms with E-state index in [0.717, 1.165) is 11.3 Å². The normalized spacial score (nSPS) is 10.2. The second-order valence-corrected chi connectivity index (χ2v) is 5.37. The maximum Gasteiger partial charge on any atom is 0.292 e. The second-order valence-electron chi connectivity index (χ2n) is 5.37. The summed E-state index contributed by atoms with van der Waals surface area (Å²) in [5.41, 5.74) is 1.88.